The van der Waals surface area contributed by atoms with Crippen molar-refractivity contribution in [1.29, 1.82) is 0 Å². The van der Waals surface area contributed by atoms with Crippen LogP contribution in [0.4, 0.5) is 4.39 Å². The number of carbonyl (C=O) groups excluding carboxylic acids is 1. The zero-order valence-corrected chi connectivity index (χ0v) is 13.5. The summed E-state index contributed by atoms with van der Waals surface area (Å²) in [7, 11) is 1.57. The first-order valence-corrected chi connectivity index (χ1v) is 7.69. The lowest BCUT2D eigenvalue weighted by Crippen LogP contribution is -2.35. The highest BCUT2D eigenvalue weighted by Gasteiger charge is 2.27. The highest BCUT2D eigenvalue weighted by Crippen LogP contribution is 2.27. The van der Waals surface area contributed by atoms with Crippen molar-refractivity contribution in [2.45, 2.75) is 6.04 Å². The summed E-state index contributed by atoms with van der Waals surface area (Å²) >= 11 is 0. The largest absolute Gasteiger partial charge is 0.329 e. The van der Waals surface area contributed by atoms with Gasteiger partial charge in [0.25, 0.3) is 11.5 Å². The Kier molecular flexibility index (Phi) is 4.70. The van der Waals surface area contributed by atoms with E-state index < -0.39 is 23.3 Å². The van der Waals surface area contributed by atoms with Gasteiger partial charge in [0.1, 0.15) is 11.4 Å². The molecule has 2 aromatic heterocycles. The predicted octanol–water partition coefficient (Wildman–Crippen LogP) is 2.77. The zero-order chi connectivity index (χ0) is 17.8. The maximum Gasteiger partial charge on any atom is 0.260 e. The molecule has 6 heteroatoms. The van der Waals surface area contributed by atoms with Gasteiger partial charge < -0.3 is 9.88 Å². The summed E-state index contributed by atoms with van der Waals surface area (Å²) in [5, 5.41) is 0. The maximum atomic E-state index is 13.7. The average Bonchev–Trinajstić information content (AvgIpc) is 2.63. The Morgan fingerprint density at radius 3 is 2.68 bits per heavy atom. The van der Waals surface area contributed by atoms with Crippen molar-refractivity contribution in [3.63, 3.8) is 0 Å². The minimum atomic E-state index is -0.621. The molecule has 3 aromatic rings. The number of aromatic nitrogens is 2. The third-order valence-electron chi connectivity index (χ3n) is 3.89. The van der Waals surface area contributed by atoms with Crippen LogP contribution in [0.3, 0.4) is 0 Å². The van der Waals surface area contributed by atoms with E-state index >= 15 is 0 Å². The number of carbonyl (C=O) groups is 1. The van der Waals surface area contributed by atoms with E-state index in [9.17, 15) is 14.0 Å². The Hall–Kier alpha value is -3.28. The summed E-state index contributed by atoms with van der Waals surface area (Å²) in [5.74, 6) is -0.876. The van der Waals surface area contributed by atoms with Crippen molar-refractivity contribution < 1.29 is 9.18 Å². The first-order valence-electron chi connectivity index (χ1n) is 7.69. The van der Waals surface area contributed by atoms with Gasteiger partial charge in [-0.2, -0.15) is 0 Å². The van der Waals surface area contributed by atoms with Gasteiger partial charge in [-0.05, 0) is 42.0 Å². The van der Waals surface area contributed by atoms with E-state index in [0.29, 0.717) is 11.3 Å². The molecule has 3 rings (SSSR count). The second-order valence-electron chi connectivity index (χ2n) is 5.54. The van der Waals surface area contributed by atoms with Crippen LogP contribution in [-0.4, -0.2) is 27.8 Å². The van der Waals surface area contributed by atoms with E-state index in [-0.39, 0.29) is 5.56 Å². The number of amides is 1. The fourth-order valence-corrected chi connectivity index (χ4v) is 2.70. The lowest BCUT2D eigenvalue weighted by atomic mass is 10.0. The molecule has 0 aliphatic heterocycles. The number of hydrogen-bond donors (Lipinski definition) is 1. The molecule has 0 saturated carbocycles. The molecule has 0 spiro atoms. The van der Waals surface area contributed by atoms with Gasteiger partial charge in [-0.3, -0.25) is 14.6 Å². The first kappa shape index (κ1) is 16.6. The number of rotatable bonds is 4. The normalized spacial score (nSPS) is 11.8. The van der Waals surface area contributed by atoms with Gasteiger partial charge in [-0.15, -0.1) is 0 Å². The van der Waals surface area contributed by atoms with Crippen LogP contribution in [0, 0.1) is 5.82 Å². The summed E-state index contributed by atoms with van der Waals surface area (Å²) in [6, 6.07) is 13.7. The van der Waals surface area contributed by atoms with Gasteiger partial charge in [-0.1, -0.05) is 18.2 Å². The topological polar surface area (TPSA) is 66.1 Å². The van der Waals surface area contributed by atoms with Crippen LogP contribution in [0.1, 0.15) is 27.7 Å². The second-order valence-corrected chi connectivity index (χ2v) is 5.54. The first-order chi connectivity index (χ1) is 12.1. The van der Waals surface area contributed by atoms with Crippen molar-refractivity contribution in [3.8, 4) is 0 Å². The van der Waals surface area contributed by atoms with Crippen LogP contribution in [0.2, 0.25) is 0 Å². The Bertz CT molecular complexity index is 940. The minimum absolute atomic E-state index is 0.0161. The Labute approximate surface area is 143 Å². The molecule has 1 aromatic carbocycles. The molecule has 2 heterocycles. The number of benzene rings is 1. The van der Waals surface area contributed by atoms with Gasteiger partial charge in [0.2, 0.25) is 0 Å². The molecule has 0 unspecified atom stereocenters. The van der Waals surface area contributed by atoms with Crippen molar-refractivity contribution in [2.75, 3.05) is 7.05 Å². The van der Waals surface area contributed by atoms with Crippen LogP contribution < -0.4 is 5.56 Å². The molecule has 0 radical (unpaired) electrons. The Morgan fingerprint density at radius 2 is 2.00 bits per heavy atom. The van der Waals surface area contributed by atoms with E-state index in [1.165, 1.54) is 29.3 Å². The third-order valence-corrected chi connectivity index (χ3v) is 3.89. The molecule has 1 amide bonds. The summed E-state index contributed by atoms with van der Waals surface area (Å²) in [5.41, 5.74) is 0.693. The van der Waals surface area contributed by atoms with E-state index in [0.717, 1.165) is 0 Å². The zero-order valence-electron chi connectivity index (χ0n) is 13.5. The van der Waals surface area contributed by atoms with Crippen LogP contribution in [0.25, 0.3) is 0 Å². The fourth-order valence-electron chi connectivity index (χ4n) is 2.70. The minimum Gasteiger partial charge on any atom is -0.329 e. The number of hydrogen-bond acceptors (Lipinski definition) is 3. The Morgan fingerprint density at radius 1 is 1.16 bits per heavy atom. The third kappa shape index (κ3) is 3.47. The highest BCUT2D eigenvalue weighted by atomic mass is 19.1. The van der Waals surface area contributed by atoms with E-state index in [1.54, 1.807) is 49.6 Å². The molecule has 1 N–H and O–H groups in total. The molecule has 0 saturated heterocycles. The van der Waals surface area contributed by atoms with Crippen molar-refractivity contribution in [2.24, 2.45) is 0 Å². The molecule has 25 heavy (non-hydrogen) atoms. The number of nitrogens with zero attached hydrogens (tertiary/aromatic N) is 2. The second kappa shape index (κ2) is 7.09. The van der Waals surface area contributed by atoms with Crippen LogP contribution in [0.5, 0.6) is 0 Å². The maximum absolute atomic E-state index is 13.7. The number of aromatic amines is 1. The molecule has 0 aliphatic rings. The molecule has 126 valence electrons. The van der Waals surface area contributed by atoms with Crippen molar-refractivity contribution in [3.05, 3.63) is 100.0 Å². The molecular weight excluding hydrogens is 321 g/mol. The van der Waals surface area contributed by atoms with Gasteiger partial charge in [0.05, 0.1) is 11.7 Å². The monoisotopic (exact) mass is 337 g/mol. The molecule has 0 bridgehead atoms. The predicted molar refractivity (Wildman–Crippen MR) is 91.6 cm³/mol. The van der Waals surface area contributed by atoms with E-state index in [2.05, 4.69) is 9.97 Å². The van der Waals surface area contributed by atoms with E-state index in [1.807, 2.05) is 0 Å². The number of pyridine rings is 2. The quantitative estimate of drug-likeness (QED) is 0.796. The Balaban J connectivity index is 2.07. The summed E-state index contributed by atoms with van der Waals surface area (Å²) in [6.07, 6.45) is 3.07. The van der Waals surface area contributed by atoms with Crippen LogP contribution in [-0.2, 0) is 0 Å². The molecular formula is C19H16FN3O2. The summed E-state index contributed by atoms with van der Waals surface area (Å²) in [4.78, 5) is 32.9. The van der Waals surface area contributed by atoms with Crippen molar-refractivity contribution >= 4 is 5.91 Å². The molecule has 0 fully saturated rings. The number of nitrogens with one attached hydrogen (secondary N) is 1. The number of halogens is 1. The van der Waals surface area contributed by atoms with E-state index in [4.69, 9.17) is 0 Å². The van der Waals surface area contributed by atoms with Gasteiger partial charge in [0, 0.05) is 19.4 Å². The SMILES string of the molecule is CN(C(=O)c1ccc[nH]c1=O)[C@H](c1cccc(F)c1)c1ccccn1. The van der Waals surface area contributed by atoms with Crippen LogP contribution in [0.15, 0.2) is 71.8 Å². The van der Waals surface area contributed by atoms with Crippen LogP contribution >= 0.6 is 0 Å². The summed E-state index contributed by atoms with van der Waals surface area (Å²) < 4.78 is 13.7. The smallest absolute Gasteiger partial charge is 0.260 e. The van der Waals surface area contributed by atoms with Gasteiger partial charge in [0.15, 0.2) is 0 Å². The van der Waals surface area contributed by atoms with Gasteiger partial charge in [-0.25, -0.2) is 4.39 Å². The standard InChI is InChI=1S/C19H16FN3O2/c1-23(19(25)15-8-5-11-22-18(15)24)17(16-9-2-3-10-21-16)13-6-4-7-14(20)12-13/h2-12,17H,1H3,(H,22,24)/t17-/m1/s1. The lowest BCUT2D eigenvalue weighted by Gasteiger charge is -2.28. The average molecular weight is 337 g/mol. The van der Waals surface area contributed by atoms with Crippen molar-refractivity contribution in [1.82, 2.24) is 14.9 Å². The van der Waals surface area contributed by atoms with Gasteiger partial charge >= 0.3 is 0 Å². The molecule has 1 atom stereocenters. The highest BCUT2D eigenvalue weighted by molar-refractivity contribution is 5.94. The fraction of sp³-hybridized carbons (Fsp3) is 0.105. The summed E-state index contributed by atoms with van der Waals surface area (Å²) in [6.45, 7) is 0. The molecule has 5 nitrogen and oxygen atoms in total. The lowest BCUT2D eigenvalue weighted by molar-refractivity contribution is 0.0750. The number of H-pyrrole nitrogens is 1. The molecule has 0 aliphatic carbocycles.